The molecule has 2 aromatic carbocycles. The molecule has 1 heterocycles. The van der Waals surface area contributed by atoms with Crippen molar-refractivity contribution in [3.63, 3.8) is 0 Å². The summed E-state index contributed by atoms with van der Waals surface area (Å²) in [6.45, 7) is 4.95. The van der Waals surface area contributed by atoms with Gasteiger partial charge in [-0.1, -0.05) is 12.1 Å². The van der Waals surface area contributed by atoms with Gasteiger partial charge in [-0.25, -0.2) is 0 Å². The molecule has 0 aliphatic carbocycles. The highest BCUT2D eigenvalue weighted by molar-refractivity contribution is 7.98. The van der Waals surface area contributed by atoms with Crippen molar-refractivity contribution in [1.82, 2.24) is 4.90 Å². The topological polar surface area (TPSA) is 44.8 Å². The fourth-order valence-electron chi connectivity index (χ4n) is 3.31. The molecule has 3 rings (SSSR count). The van der Waals surface area contributed by atoms with Crippen molar-refractivity contribution in [1.29, 1.82) is 0 Å². The standard InChI is InChI=1S/C21H27N3O2S/c1-4-24-14-17(26-20-8-6-5-7-19(20)24)13-23(2)15-21(25)22-16-9-11-18(27-3)12-10-16/h5-12,17H,4,13-15H2,1-3H3,(H,22,25). The highest BCUT2D eigenvalue weighted by Crippen LogP contribution is 2.32. The Morgan fingerprint density at radius 3 is 2.70 bits per heavy atom. The average Bonchev–Trinajstić information content (AvgIpc) is 2.67. The normalized spacial score (nSPS) is 16.0. The quantitative estimate of drug-likeness (QED) is 0.739. The van der Waals surface area contributed by atoms with Crippen LogP contribution in [0.25, 0.3) is 0 Å². The maximum absolute atomic E-state index is 12.3. The van der Waals surface area contributed by atoms with Gasteiger partial charge in [0.2, 0.25) is 5.91 Å². The number of amides is 1. The predicted molar refractivity (Wildman–Crippen MR) is 113 cm³/mol. The van der Waals surface area contributed by atoms with Crippen LogP contribution in [0.4, 0.5) is 11.4 Å². The maximum atomic E-state index is 12.3. The summed E-state index contributed by atoms with van der Waals surface area (Å²) in [6.07, 6.45) is 2.08. The van der Waals surface area contributed by atoms with Crippen LogP contribution in [-0.4, -0.2) is 56.4 Å². The summed E-state index contributed by atoms with van der Waals surface area (Å²) in [5.74, 6) is 0.903. The summed E-state index contributed by atoms with van der Waals surface area (Å²) in [6, 6.07) is 16.0. The van der Waals surface area contributed by atoms with Crippen LogP contribution in [0.2, 0.25) is 0 Å². The van der Waals surface area contributed by atoms with E-state index in [0.29, 0.717) is 13.1 Å². The van der Waals surface area contributed by atoms with E-state index >= 15 is 0 Å². The van der Waals surface area contributed by atoms with Crippen LogP contribution < -0.4 is 15.0 Å². The van der Waals surface area contributed by atoms with Gasteiger partial charge in [-0.15, -0.1) is 11.8 Å². The van der Waals surface area contributed by atoms with Crippen molar-refractivity contribution in [2.45, 2.75) is 17.9 Å². The molecule has 0 radical (unpaired) electrons. The van der Waals surface area contributed by atoms with Gasteiger partial charge in [0.1, 0.15) is 11.9 Å². The molecule has 1 aliphatic rings. The van der Waals surface area contributed by atoms with Gasteiger partial charge in [-0.05, 0) is 56.6 Å². The Kier molecular flexibility index (Phi) is 6.63. The first-order chi connectivity index (χ1) is 13.1. The minimum atomic E-state index is -0.0158. The van der Waals surface area contributed by atoms with Crippen molar-refractivity contribution >= 4 is 29.0 Å². The van der Waals surface area contributed by atoms with Gasteiger partial charge in [0.05, 0.1) is 18.8 Å². The molecule has 0 aromatic heterocycles. The number of rotatable bonds is 7. The zero-order chi connectivity index (χ0) is 19.2. The highest BCUT2D eigenvalue weighted by atomic mass is 32.2. The third-order valence-electron chi connectivity index (χ3n) is 4.61. The van der Waals surface area contributed by atoms with Crippen LogP contribution in [0.1, 0.15) is 6.92 Å². The molecule has 2 aromatic rings. The minimum absolute atomic E-state index is 0.0158. The lowest BCUT2D eigenvalue weighted by molar-refractivity contribution is -0.117. The Morgan fingerprint density at radius 2 is 2.00 bits per heavy atom. The lowest BCUT2D eigenvalue weighted by Crippen LogP contribution is -2.46. The first-order valence-corrected chi connectivity index (χ1v) is 10.4. The van der Waals surface area contributed by atoms with Crippen LogP contribution >= 0.6 is 11.8 Å². The maximum Gasteiger partial charge on any atom is 0.238 e. The largest absolute Gasteiger partial charge is 0.485 e. The third-order valence-corrected chi connectivity index (χ3v) is 5.35. The second-order valence-electron chi connectivity index (χ2n) is 6.72. The molecule has 0 spiro atoms. The van der Waals surface area contributed by atoms with E-state index in [9.17, 15) is 4.79 Å². The fraction of sp³-hybridized carbons (Fsp3) is 0.381. The van der Waals surface area contributed by atoms with E-state index in [1.807, 2.05) is 60.7 Å². The molecule has 144 valence electrons. The SMILES string of the molecule is CCN1CC(CN(C)CC(=O)Nc2ccc(SC)cc2)Oc2ccccc21. The molecular formula is C21H27N3O2S. The van der Waals surface area contributed by atoms with E-state index < -0.39 is 0 Å². The van der Waals surface area contributed by atoms with E-state index in [0.717, 1.165) is 30.2 Å². The van der Waals surface area contributed by atoms with Crippen molar-refractivity contribution in [3.8, 4) is 5.75 Å². The number of thioether (sulfide) groups is 1. The molecule has 1 N–H and O–H groups in total. The third kappa shape index (κ3) is 5.17. The summed E-state index contributed by atoms with van der Waals surface area (Å²) >= 11 is 1.68. The molecule has 5 nitrogen and oxygen atoms in total. The second-order valence-corrected chi connectivity index (χ2v) is 7.60. The molecule has 0 fully saturated rings. The van der Waals surface area contributed by atoms with Gasteiger partial charge in [0.25, 0.3) is 0 Å². The molecule has 0 bridgehead atoms. The first kappa shape index (κ1) is 19.6. The number of hydrogen-bond acceptors (Lipinski definition) is 5. The molecule has 1 atom stereocenters. The van der Waals surface area contributed by atoms with Crippen molar-refractivity contribution in [2.75, 3.05) is 49.7 Å². The number of nitrogens with one attached hydrogen (secondary N) is 1. The zero-order valence-corrected chi connectivity index (χ0v) is 17.0. The Bertz CT molecular complexity index is 766. The van der Waals surface area contributed by atoms with E-state index in [2.05, 4.69) is 23.2 Å². The van der Waals surface area contributed by atoms with Crippen molar-refractivity contribution in [2.24, 2.45) is 0 Å². The Balaban J connectivity index is 1.52. The van der Waals surface area contributed by atoms with Gasteiger partial charge in [0.15, 0.2) is 0 Å². The number of nitrogens with zero attached hydrogens (tertiary/aromatic N) is 2. The predicted octanol–water partition coefficient (Wildman–Crippen LogP) is 3.57. The number of anilines is 2. The second kappa shape index (κ2) is 9.15. The summed E-state index contributed by atoms with van der Waals surface area (Å²) in [4.78, 5) is 17.8. The number of carbonyl (C=O) groups is 1. The number of likely N-dealkylation sites (N-methyl/N-ethyl adjacent to an activating group) is 2. The van der Waals surface area contributed by atoms with Crippen LogP contribution in [0, 0.1) is 0 Å². The fourth-order valence-corrected chi connectivity index (χ4v) is 3.71. The lowest BCUT2D eigenvalue weighted by atomic mass is 10.2. The number of fused-ring (bicyclic) bond motifs is 1. The van der Waals surface area contributed by atoms with Crippen LogP contribution in [0.5, 0.6) is 5.75 Å². The van der Waals surface area contributed by atoms with Crippen LogP contribution in [0.3, 0.4) is 0 Å². The van der Waals surface area contributed by atoms with Crippen molar-refractivity contribution < 1.29 is 9.53 Å². The lowest BCUT2D eigenvalue weighted by Gasteiger charge is -2.37. The number of ether oxygens (including phenoxy) is 1. The molecule has 1 unspecified atom stereocenters. The molecule has 1 amide bonds. The van der Waals surface area contributed by atoms with Crippen LogP contribution in [0.15, 0.2) is 53.4 Å². The highest BCUT2D eigenvalue weighted by Gasteiger charge is 2.25. The van der Waals surface area contributed by atoms with E-state index in [-0.39, 0.29) is 12.0 Å². The summed E-state index contributed by atoms with van der Waals surface area (Å²) in [5.41, 5.74) is 1.97. The Hall–Kier alpha value is -2.18. The molecule has 27 heavy (non-hydrogen) atoms. The molecule has 0 saturated heterocycles. The Morgan fingerprint density at radius 1 is 1.26 bits per heavy atom. The summed E-state index contributed by atoms with van der Waals surface area (Å²) in [7, 11) is 1.95. The molecule has 0 saturated carbocycles. The number of benzene rings is 2. The van der Waals surface area contributed by atoms with Crippen molar-refractivity contribution in [3.05, 3.63) is 48.5 Å². The summed E-state index contributed by atoms with van der Waals surface area (Å²) in [5, 5.41) is 2.96. The number of para-hydroxylation sites is 2. The Labute approximate surface area is 165 Å². The van der Waals surface area contributed by atoms with Gasteiger partial charge < -0.3 is 15.0 Å². The van der Waals surface area contributed by atoms with Gasteiger partial charge >= 0.3 is 0 Å². The van der Waals surface area contributed by atoms with E-state index in [1.165, 1.54) is 4.90 Å². The van der Waals surface area contributed by atoms with Crippen LogP contribution in [-0.2, 0) is 4.79 Å². The average molecular weight is 386 g/mol. The van der Waals surface area contributed by atoms with Gasteiger partial charge in [0, 0.05) is 23.7 Å². The number of carbonyl (C=O) groups excluding carboxylic acids is 1. The molecular weight excluding hydrogens is 358 g/mol. The zero-order valence-electron chi connectivity index (χ0n) is 16.1. The first-order valence-electron chi connectivity index (χ1n) is 9.22. The minimum Gasteiger partial charge on any atom is -0.485 e. The van der Waals surface area contributed by atoms with E-state index in [1.54, 1.807) is 11.8 Å². The smallest absolute Gasteiger partial charge is 0.238 e. The molecule has 6 heteroatoms. The summed E-state index contributed by atoms with van der Waals surface area (Å²) < 4.78 is 6.14. The van der Waals surface area contributed by atoms with Gasteiger partial charge in [-0.2, -0.15) is 0 Å². The van der Waals surface area contributed by atoms with Gasteiger partial charge in [-0.3, -0.25) is 9.69 Å². The molecule has 1 aliphatic heterocycles. The number of hydrogen-bond donors (Lipinski definition) is 1. The monoisotopic (exact) mass is 385 g/mol. The van der Waals surface area contributed by atoms with E-state index in [4.69, 9.17) is 4.74 Å².